The first-order valence-corrected chi connectivity index (χ1v) is 19.2. The Balaban J connectivity index is 0.947. The van der Waals surface area contributed by atoms with Crippen LogP contribution in [-0.2, 0) is 5.41 Å². The number of hydrogen-bond donors (Lipinski definition) is 0. The van der Waals surface area contributed by atoms with Crippen LogP contribution >= 0.6 is 0 Å². The molecule has 1 heterocycles. The standard InChI is InChI=1S/C53H36N4/c1-53(2)47-15-9-14-45(49(47)46-29-16-34(33-54)30-48(46)53)38-23-17-35(18-24-38)42-27-21-37-22-28-43(32-44(37)31-42)36-19-25-41(26-20-36)52-56-50(39-10-5-3-6-11-39)55-51(57-52)40-12-7-4-8-13-40/h3-32H,1-2H3. The van der Waals surface area contributed by atoms with E-state index < -0.39 is 0 Å². The number of hydrogen-bond acceptors (Lipinski definition) is 4. The molecule has 1 aliphatic carbocycles. The van der Waals surface area contributed by atoms with E-state index in [2.05, 4.69) is 135 Å². The molecule has 9 aromatic rings. The molecule has 0 saturated carbocycles. The largest absolute Gasteiger partial charge is 0.208 e. The van der Waals surface area contributed by atoms with E-state index in [0.717, 1.165) is 27.8 Å². The number of fused-ring (bicyclic) bond motifs is 4. The second kappa shape index (κ2) is 13.7. The Bertz CT molecular complexity index is 2960. The minimum atomic E-state index is -0.174. The van der Waals surface area contributed by atoms with Crippen LogP contribution in [-0.4, -0.2) is 15.0 Å². The molecule has 0 fully saturated rings. The highest BCUT2D eigenvalue weighted by Crippen LogP contribution is 2.52. The van der Waals surface area contributed by atoms with Gasteiger partial charge in [-0.2, -0.15) is 5.26 Å². The van der Waals surface area contributed by atoms with E-state index in [0.29, 0.717) is 23.0 Å². The highest BCUT2D eigenvalue weighted by Gasteiger charge is 2.37. The number of aromatic nitrogens is 3. The number of benzene rings is 8. The Morgan fingerprint density at radius 3 is 1.42 bits per heavy atom. The summed E-state index contributed by atoms with van der Waals surface area (Å²) in [6, 6.07) is 66.0. The molecule has 57 heavy (non-hydrogen) atoms. The van der Waals surface area contributed by atoms with Gasteiger partial charge in [-0.1, -0.05) is 172 Å². The molecule has 0 saturated heterocycles. The van der Waals surface area contributed by atoms with E-state index in [4.69, 9.17) is 15.0 Å². The first kappa shape index (κ1) is 34.0. The Hall–Kier alpha value is -7.48. The second-order valence-corrected chi connectivity index (χ2v) is 15.2. The van der Waals surface area contributed by atoms with Gasteiger partial charge in [0.1, 0.15) is 0 Å². The zero-order valence-corrected chi connectivity index (χ0v) is 31.6. The number of rotatable bonds is 6. The van der Waals surface area contributed by atoms with Crippen LogP contribution < -0.4 is 0 Å². The molecule has 0 spiro atoms. The third kappa shape index (κ3) is 6.07. The lowest BCUT2D eigenvalue weighted by molar-refractivity contribution is 0.660. The van der Waals surface area contributed by atoms with Crippen molar-refractivity contribution >= 4 is 10.8 Å². The maximum Gasteiger partial charge on any atom is 0.164 e. The van der Waals surface area contributed by atoms with Crippen molar-refractivity contribution in [3.63, 3.8) is 0 Å². The predicted molar refractivity (Wildman–Crippen MR) is 232 cm³/mol. The van der Waals surface area contributed by atoms with Gasteiger partial charge in [-0.25, -0.2) is 15.0 Å². The summed E-state index contributed by atoms with van der Waals surface area (Å²) in [5.41, 5.74) is 15.4. The second-order valence-electron chi connectivity index (χ2n) is 15.2. The van der Waals surface area contributed by atoms with E-state index >= 15 is 0 Å². The van der Waals surface area contributed by atoms with Gasteiger partial charge in [-0.3, -0.25) is 0 Å². The van der Waals surface area contributed by atoms with Crippen LogP contribution in [0.1, 0.15) is 30.5 Å². The van der Waals surface area contributed by atoms with E-state index in [9.17, 15) is 5.26 Å². The van der Waals surface area contributed by atoms with E-state index in [1.165, 1.54) is 55.3 Å². The molecule has 0 N–H and O–H groups in total. The molecule has 0 aliphatic heterocycles. The van der Waals surface area contributed by atoms with Gasteiger partial charge in [-0.05, 0) is 90.7 Å². The lowest BCUT2D eigenvalue weighted by atomic mass is 9.81. The fourth-order valence-electron chi connectivity index (χ4n) is 8.30. The molecule has 0 radical (unpaired) electrons. The topological polar surface area (TPSA) is 62.5 Å². The average molecular weight is 729 g/mol. The molecule has 0 atom stereocenters. The Morgan fingerprint density at radius 1 is 0.386 bits per heavy atom. The van der Waals surface area contributed by atoms with Crippen molar-refractivity contribution in [3.8, 4) is 84.7 Å². The van der Waals surface area contributed by atoms with Gasteiger partial charge in [0.2, 0.25) is 0 Å². The smallest absolute Gasteiger partial charge is 0.164 e. The van der Waals surface area contributed by atoms with Gasteiger partial charge < -0.3 is 0 Å². The van der Waals surface area contributed by atoms with Crippen molar-refractivity contribution in [2.75, 3.05) is 0 Å². The van der Waals surface area contributed by atoms with Gasteiger partial charge >= 0.3 is 0 Å². The molecule has 268 valence electrons. The SMILES string of the molecule is CC1(C)c2cc(C#N)ccc2-c2c(-c3ccc(-c4ccc5ccc(-c6ccc(-c7nc(-c8ccccc8)nc(-c8ccccc8)n7)cc6)cc5c4)cc3)cccc21. The first-order valence-electron chi connectivity index (χ1n) is 19.2. The monoisotopic (exact) mass is 728 g/mol. The highest BCUT2D eigenvalue weighted by atomic mass is 15.0. The van der Waals surface area contributed by atoms with Crippen LogP contribution in [0, 0.1) is 11.3 Å². The molecule has 0 unspecified atom stereocenters. The molecule has 0 bridgehead atoms. The lowest BCUT2D eigenvalue weighted by Crippen LogP contribution is -2.15. The van der Waals surface area contributed by atoms with E-state index in [1.807, 2.05) is 66.7 Å². The van der Waals surface area contributed by atoms with Crippen molar-refractivity contribution in [1.29, 1.82) is 5.26 Å². The predicted octanol–water partition coefficient (Wildman–Crippen LogP) is 13.2. The average Bonchev–Trinajstić information content (AvgIpc) is 3.51. The van der Waals surface area contributed by atoms with Crippen LogP contribution in [0.25, 0.3) is 89.4 Å². The van der Waals surface area contributed by atoms with Crippen molar-refractivity contribution in [1.82, 2.24) is 15.0 Å². The summed E-state index contributed by atoms with van der Waals surface area (Å²) in [6.07, 6.45) is 0. The van der Waals surface area contributed by atoms with Crippen LogP contribution in [0.15, 0.2) is 182 Å². The summed E-state index contributed by atoms with van der Waals surface area (Å²) >= 11 is 0. The zero-order chi connectivity index (χ0) is 38.5. The van der Waals surface area contributed by atoms with Crippen molar-refractivity contribution in [2.24, 2.45) is 0 Å². The summed E-state index contributed by atoms with van der Waals surface area (Å²) < 4.78 is 0. The summed E-state index contributed by atoms with van der Waals surface area (Å²) in [4.78, 5) is 14.7. The van der Waals surface area contributed by atoms with Gasteiger partial charge in [0.05, 0.1) is 11.6 Å². The fourth-order valence-corrected chi connectivity index (χ4v) is 8.30. The normalized spacial score (nSPS) is 12.5. The summed E-state index contributed by atoms with van der Waals surface area (Å²) in [7, 11) is 0. The minimum absolute atomic E-state index is 0.174. The highest BCUT2D eigenvalue weighted by molar-refractivity contribution is 5.94. The summed E-state index contributed by atoms with van der Waals surface area (Å²) in [6.45, 7) is 4.51. The molecule has 4 nitrogen and oxygen atoms in total. The van der Waals surface area contributed by atoms with Crippen LogP contribution in [0.4, 0.5) is 0 Å². The number of nitriles is 1. The third-order valence-corrected chi connectivity index (χ3v) is 11.4. The van der Waals surface area contributed by atoms with Gasteiger partial charge in [-0.15, -0.1) is 0 Å². The summed E-state index contributed by atoms with van der Waals surface area (Å²) in [5, 5.41) is 12.0. The van der Waals surface area contributed by atoms with Crippen LogP contribution in [0.3, 0.4) is 0 Å². The van der Waals surface area contributed by atoms with Crippen molar-refractivity contribution in [2.45, 2.75) is 19.3 Å². The Kier molecular flexibility index (Phi) is 8.17. The molecule has 4 heteroatoms. The third-order valence-electron chi connectivity index (χ3n) is 11.4. The molecule has 10 rings (SSSR count). The van der Waals surface area contributed by atoms with E-state index in [-0.39, 0.29) is 5.41 Å². The maximum atomic E-state index is 9.59. The van der Waals surface area contributed by atoms with Crippen molar-refractivity contribution < 1.29 is 0 Å². The Labute approximate surface area is 332 Å². The number of nitrogens with zero attached hydrogens (tertiary/aromatic N) is 4. The van der Waals surface area contributed by atoms with Gasteiger partial charge in [0.25, 0.3) is 0 Å². The molecular weight excluding hydrogens is 693 g/mol. The quantitative estimate of drug-likeness (QED) is 0.171. The molecular formula is C53H36N4. The molecule has 1 aromatic heterocycles. The van der Waals surface area contributed by atoms with Gasteiger partial charge in [0.15, 0.2) is 17.5 Å². The van der Waals surface area contributed by atoms with Crippen LogP contribution in [0.5, 0.6) is 0 Å². The molecule has 1 aliphatic rings. The summed E-state index contributed by atoms with van der Waals surface area (Å²) in [5.74, 6) is 1.94. The first-order chi connectivity index (χ1) is 27.9. The van der Waals surface area contributed by atoms with E-state index in [1.54, 1.807) is 0 Å². The van der Waals surface area contributed by atoms with Crippen LogP contribution in [0.2, 0.25) is 0 Å². The lowest BCUT2D eigenvalue weighted by Gasteiger charge is -2.21. The molecule has 8 aromatic carbocycles. The Morgan fingerprint density at radius 2 is 0.877 bits per heavy atom. The zero-order valence-electron chi connectivity index (χ0n) is 31.6. The fraction of sp³-hybridized carbons (Fsp3) is 0.0566. The minimum Gasteiger partial charge on any atom is -0.208 e. The van der Waals surface area contributed by atoms with Crippen molar-refractivity contribution in [3.05, 3.63) is 199 Å². The van der Waals surface area contributed by atoms with Gasteiger partial charge in [0, 0.05) is 22.1 Å². The maximum absolute atomic E-state index is 9.59. The molecule has 0 amide bonds.